The van der Waals surface area contributed by atoms with Crippen LogP contribution in [0.3, 0.4) is 0 Å². The van der Waals surface area contributed by atoms with Crippen LogP contribution in [0, 0.1) is 5.92 Å². The monoisotopic (exact) mass is 280 g/mol. The maximum Gasteiger partial charge on any atom is 0.679 e. The van der Waals surface area contributed by atoms with E-state index in [1.54, 1.807) is 0 Å². The summed E-state index contributed by atoms with van der Waals surface area (Å²) in [5.41, 5.74) is 11.3. The summed E-state index contributed by atoms with van der Waals surface area (Å²) in [5.74, 6) is 0.366. The van der Waals surface area contributed by atoms with E-state index in [0.29, 0.717) is 25.7 Å². The van der Waals surface area contributed by atoms with Crippen LogP contribution in [-0.2, 0) is 17.7 Å². The summed E-state index contributed by atoms with van der Waals surface area (Å²) in [6.07, 6.45) is 0. The summed E-state index contributed by atoms with van der Waals surface area (Å²) in [6, 6.07) is -0.206. The van der Waals surface area contributed by atoms with Crippen LogP contribution in [-0.4, -0.2) is 48.1 Å². The van der Waals surface area contributed by atoms with Gasteiger partial charge in [-0.2, -0.15) is 0 Å². The fourth-order valence-corrected chi connectivity index (χ4v) is 3.11. The molecule has 0 aliphatic carbocycles. The van der Waals surface area contributed by atoms with E-state index in [1.807, 2.05) is 27.7 Å². The van der Waals surface area contributed by atoms with Crippen LogP contribution in [0.2, 0.25) is 0 Å². The molecule has 0 bridgehead atoms. The fourth-order valence-electron chi connectivity index (χ4n) is 1.04. The van der Waals surface area contributed by atoms with Crippen molar-refractivity contribution in [2.45, 2.75) is 39.8 Å². The third-order valence-corrected chi connectivity index (χ3v) is 3.95. The Morgan fingerprint density at radius 1 is 0.833 bits per heavy atom. The minimum absolute atomic E-state index is 0.103. The van der Waals surface area contributed by atoms with E-state index in [4.69, 9.17) is 29.2 Å². The zero-order valence-electron chi connectivity index (χ0n) is 12.1. The number of hydrogen-bond donors (Lipinski definition) is 2. The molecule has 0 fully saturated rings. The molecule has 0 radical (unpaired) electrons. The standard InChI is InChI=1S/C11H28N2O4Si/c1-9(2)6-15-18(14-5,16-7-10(3)12)17-8-11(4)13/h9-11H,6-8,12-13H2,1-5H3. The van der Waals surface area contributed by atoms with Gasteiger partial charge >= 0.3 is 9.05 Å². The van der Waals surface area contributed by atoms with E-state index >= 15 is 0 Å². The lowest BCUT2D eigenvalue weighted by Gasteiger charge is -2.28. The second-order valence-electron chi connectivity index (χ2n) is 4.99. The number of hydrogen-bond acceptors (Lipinski definition) is 6. The van der Waals surface area contributed by atoms with Crippen molar-refractivity contribution < 1.29 is 17.7 Å². The second kappa shape index (κ2) is 8.97. The zero-order valence-corrected chi connectivity index (χ0v) is 13.1. The molecule has 0 aliphatic heterocycles. The topological polar surface area (TPSA) is 89.0 Å². The highest BCUT2D eigenvalue weighted by Gasteiger charge is 2.45. The minimum Gasteiger partial charge on any atom is -0.355 e. The van der Waals surface area contributed by atoms with Crippen molar-refractivity contribution in [1.29, 1.82) is 0 Å². The van der Waals surface area contributed by atoms with Crippen molar-refractivity contribution in [2.75, 3.05) is 26.9 Å². The van der Waals surface area contributed by atoms with Crippen molar-refractivity contribution in [3.05, 3.63) is 0 Å². The third kappa shape index (κ3) is 8.14. The lowest BCUT2D eigenvalue weighted by atomic mass is 10.2. The summed E-state index contributed by atoms with van der Waals surface area (Å²) in [7, 11) is -1.60. The fraction of sp³-hybridized carbons (Fsp3) is 1.00. The largest absolute Gasteiger partial charge is 0.679 e. The Morgan fingerprint density at radius 3 is 1.50 bits per heavy atom. The van der Waals surface area contributed by atoms with E-state index < -0.39 is 9.05 Å². The van der Waals surface area contributed by atoms with Crippen molar-refractivity contribution in [3.8, 4) is 0 Å². The summed E-state index contributed by atoms with van der Waals surface area (Å²) in [4.78, 5) is 0. The van der Waals surface area contributed by atoms with Crippen molar-refractivity contribution >= 4 is 9.05 Å². The van der Waals surface area contributed by atoms with Crippen LogP contribution in [0.25, 0.3) is 0 Å². The predicted molar refractivity (Wildman–Crippen MR) is 72.8 cm³/mol. The van der Waals surface area contributed by atoms with Gasteiger partial charge in [-0.25, -0.2) is 0 Å². The Morgan fingerprint density at radius 2 is 1.22 bits per heavy atom. The van der Waals surface area contributed by atoms with Crippen LogP contribution in [0.15, 0.2) is 0 Å². The molecule has 4 N–H and O–H groups in total. The van der Waals surface area contributed by atoms with Gasteiger partial charge in [0.15, 0.2) is 0 Å². The van der Waals surface area contributed by atoms with Gasteiger partial charge in [0.05, 0.1) is 13.2 Å². The smallest absolute Gasteiger partial charge is 0.355 e. The molecule has 0 spiro atoms. The summed E-state index contributed by atoms with van der Waals surface area (Å²) < 4.78 is 22.3. The van der Waals surface area contributed by atoms with Crippen LogP contribution in [0.5, 0.6) is 0 Å². The normalized spacial score (nSPS) is 18.7. The molecule has 2 unspecified atom stereocenters. The first kappa shape index (κ1) is 18.0. The summed E-state index contributed by atoms with van der Waals surface area (Å²) in [5, 5.41) is 0. The van der Waals surface area contributed by atoms with E-state index in [0.717, 1.165) is 0 Å². The molecule has 0 saturated carbocycles. The Hall–Kier alpha value is -0.0231. The van der Waals surface area contributed by atoms with Crippen molar-refractivity contribution in [1.82, 2.24) is 0 Å². The molecular weight excluding hydrogens is 252 g/mol. The van der Waals surface area contributed by atoms with E-state index in [-0.39, 0.29) is 12.1 Å². The van der Waals surface area contributed by atoms with Crippen LogP contribution in [0.4, 0.5) is 0 Å². The molecule has 2 atom stereocenters. The van der Waals surface area contributed by atoms with Gasteiger partial charge in [-0.15, -0.1) is 0 Å². The molecule has 6 nitrogen and oxygen atoms in total. The van der Waals surface area contributed by atoms with Gasteiger partial charge in [0, 0.05) is 25.8 Å². The second-order valence-corrected chi connectivity index (χ2v) is 7.26. The molecule has 0 amide bonds. The van der Waals surface area contributed by atoms with Crippen molar-refractivity contribution in [2.24, 2.45) is 17.4 Å². The van der Waals surface area contributed by atoms with E-state index in [2.05, 4.69) is 0 Å². The first-order valence-electron chi connectivity index (χ1n) is 6.29. The predicted octanol–water partition coefficient (Wildman–Crippen LogP) is 0.469. The highest BCUT2D eigenvalue weighted by molar-refractivity contribution is 6.53. The van der Waals surface area contributed by atoms with Crippen molar-refractivity contribution in [3.63, 3.8) is 0 Å². The molecule has 110 valence electrons. The zero-order chi connectivity index (χ0) is 14.2. The molecule has 7 heteroatoms. The maximum atomic E-state index is 5.70. The molecule has 0 aromatic carbocycles. The molecule has 0 aromatic rings. The summed E-state index contributed by atoms with van der Waals surface area (Å²) >= 11 is 0. The first-order chi connectivity index (χ1) is 8.31. The van der Waals surface area contributed by atoms with Gasteiger partial charge in [0.2, 0.25) is 0 Å². The molecule has 0 saturated heterocycles. The lowest BCUT2D eigenvalue weighted by Crippen LogP contribution is -2.52. The Balaban J connectivity index is 4.49. The SMILES string of the molecule is CO[Si](OCC(C)C)(OCC(C)N)OCC(C)N. The average molecular weight is 280 g/mol. The Labute approximate surface area is 111 Å². The molecule has 0 heterocycles. The van der Waals surface area contributed by atoms with E-state index in [1.165, 1.54) is 7.11 Å². The van der Waals surface area contributed by atoms with Gasteiger partial charge in [0.25, 0.3) is 0 Å². The Bertz CT molecular complexity index is 184. The Kier molecular flexibility index (Phi) is 8.96. The van der Waals surface area contributed by atoms with Crippen LogP contribution < -0.4 is 11.5 Å². The first-order valence-corrected chi connectivity index (χ1v) is 7.92. The highest BCUT2D eigenvalue weighted by atomic mass is 28.4. The molecule has 0 aliphatic rings. The maximum absolute atomic E-state index is 5.70. The van der Waals surface area contributed by atoms with Crippen LogP contribution >= 0.6 is 0 Å². The number of rotatable bonds is 10. The quantitative estimate of drug-likeness (QED) is 0.565. The van der Waals surface area contributed by atoms with Gasteiger partial charge in [-0.1, -0.05) is 13.8 Å². The van der Waals surface area contributed by atoms with E-state index in [9.17, 15) is 0 Å². The van der Waals surface area contributed by atoms with Crippen LogP contribution in [0.1, 0.15) is 27.7 Å². The average Bonchev–Trinajstić information content (AvgIpc) is 2.28. The van der Waals surface area contributed by atoms with Gasteiger partial charge < -0.3 is 29.2 Å². The summed E-state index contributed by atoms with van der Waals surface area (Å²) in [6.45, 7) is 8.97. The van der Waals surface area contributed by atoms with Gasteiger partial charge in [-0.3, -0.25) is 0 Å². The molecule has 18 heavy (non-hydrogen) atoms. The van der Waals surface area contributed by atoms with Gasteiger partial charge in [-0.05, 0) is 19.8 Å². The lowest BCUT2D eigenvalue weighted by molar-refractivity contribution is -0.0312. The van der Waals surface area contributed by atoms with Gasteiger partial charge in [0.1, 0.15) is 0 Å². The third-order valence-electron chi connectivity index (χ3n) is 1.89. The minimum atomic E-state index is -3.12. The molecule has 0 aromatic heterocycles. The highest BCUT2D eigenvalue weighted by Crippen LogP contribution is 2.13. The molecule has 0 rings (SSSR count). The molecular formula is C11H28N2O4Si. The number of nitrogens with two attached hydrogens (primary N) is 2.